The highest BCUT2D eigenvalue weighted by molar-refractivity contribution is 7.51. The summed E-state index contributed by atoms with van der Waals surface area (Å²) in [5.74, 6) is 0. The van der Waals surface area contributed by atoms with Crippen LogP contribution in [0.3, 0.4) is 0 Å². The van der Waals surface area contributed by atoms with Crippen molar-refractivity contribution in [2.45, 2.75) is 20.3 Å². The van der Waals surface area contributed by atoms with Gasteiger partial charge in [0.25, 0.3) is 0 Å². The summed E-state index contributed by atoms with van der Waals surface area (Å²) < 4.78 is 24.0. The van der Waals surface area contributed by atoms with Gasteiger partial charge in [-0.2, -0.15) is 0 Å². The highest BCUT2D eigenvalue weighted by Gasteiger charge is 2.33. The number of hydrogen-bond acceptors (Lipinski definition) is 3. The fraction of sp³-hybridized carbons (Fsp3) is 1.00. The first-order chi connectivity index (χ1) is 5.73. The van der Waals surface area contributed by atoms with E-state index in [-0.39, 0.29) is 0 Å². The van der Waals surface area contributed by atoms with Gasteiger partial charge in [0.2, 0.25) is 0 Å². The monoisotopic (exact) mass is 193 g/mol. The van der Waals surface area contributed by atoms with Crippen LogP contribution in [0, 0.1) is 0 Å². The van der Waals surface area contributed by atoms with Crippen molar-refractivity contribution in [3.05, 3.63) is 0 Å². The molecular formula is C7H16NO3P. The Morgan fingerprint density at radius 1 is 1.25 bits per heavy atom. The summed E-state index contributed by atoms with van der Waals surface area (Å²) >= 11 is 0. The average Bonchev–Trinajstić information content (AvgIpc) is 2.07. The maximum Gasteiger partial charge on any atom is 0.408 e. The Morgan fingerprint density at radius 2 is 1.75 bits per heavy atom. The van der Waals surface area contributed by atoms with Gasteiger partial charge in [-0.1, -0.05) is 13.8 Å². The van der Waals surface area contributed by atoms with Crippen LogP contribution < -0.4 is 0 Å². The van der Waals surface area contributed by atoms with Crippen molar-refractivity contribution in [3.8, 4) is 0 Å². The van der Waals surface area contributed by atoms with Crippen molar-refractivity contribution in [3.63, 3.8) is 0 Å². The normalized spacial score (nSPS) is 22.9. The summed E-state index contributed by atoms with van der Waals surface area (Å²) in [6.45, 7) is 6.40. The van der Waals surface area contributed by atoms with E-state index in [4.69, 9.17) is 9.05 Å². The molecule has 0 aromatic rings. The molecule has 1 heterocycles. The molecule has 4 nitrogen and oxygen atoms in total. The highest BCUT2D eigenvalue weighted by Crippen LogP contribution is 2.53. The summed E-state index contributed by atoms with van der Waals surface area (Å²) in [4.78, 5) is 0. The molecule has 0 aromatic heterocycles. The van der Waals surface area contributed by atoms with Gasteiger partial charge >= 0.3 is 7.75 Å². The van der Waals surface area contributed by atoms with E-state index in [9.17, 15) is 4.57 Å². The SMILES string of the molecule is CCN(CC)P1(=O)OCCCO1. The van der Waals surface area contributed by atoms with Crippen molar-refractivity contribution in [1.82, 2.24) is 4.67 Å². The fourth-order valence-corrected chi connectivity index (χ4v) is 3.00. The van der Waals surface area contributed by atoms with Crippen LogP contribution in [0.2, 0.25) is 0 Å². The first-order valence-electron chi connectivity index (χ1n) is 4.37. The van der Waals surface area contributed by atoms with Crippen molar-refractivity contribution in [2.75, 3.05) is 26.3 Å². The Kier molecular flexibility index (Phi) is 3.72. The smallest absolute Gasteiger partial charge is 0.297 e. The molecule has 0 unspecified atom stereocenters. The zero-order valence-electron chi connectivity index (χ0n) is 7.65. The molecule has 1 saturated heterocycles. The Hall–Kier alpha value is 0.110. The van der Waals surface area contributed by atoms with Gasteiger partial charge in [0.05, 0.1) is 13.2 Å². The maximum atomic E-state index is 11.9. The molecule has 0 radical (unpaired) electrons. The first-order valence-corrected chi connectivity index (χ1v) is 5.87. The summed E-state index contributed by atoms with van der Waals surface area (Å²) in [5.41, 5.74) is 0. The third-order valence-corrected chi connectivity index (χ3v) is 4.15. The third-order valence-electron chi connectivity index (χ3n) is 1.87. The Balaban J connectivity index is 2.60. The van der Waals surface area contributed by atoms with E-state index in [1.807, 2.05) is 13.8 Å². The van der Waals surface area contributed by atoms with Crippen LogP contribution in [0.4, 0.5) is 0 Å². The minimum Gasteiger partial charge on any atom is -0.297 e. The molecule has 1 aliphatic rings. The molecule has 72 valence electrons. The van der Waals surface area contributed by atoms with Crippen LogP contribution in [0.1, 0.15) is 20.3 Å². The Labute approximate surface area is 73.4 Å². The van der Waals surface area contributed by atoms with Crippen LogP contribution in [0.25, 0.3) is 0 Å². The van der Waals surface area contributed by atoms with E-state index >= 15 is 0 Å². The topological polar surface area (TPSA) is 38.8 Å². The molecule has 1 fully saturated rings. The maximum absolute atomic E-state index is 11.9. The number of nitrogens with zero attached hydrogens (tertiary/aromatic N) is 1. The van der Waals surface area contributed by atoms with Gasteiger partial charge in [-0.25, -0.2) is 9.24 Å². The highest BCUT2D eigenvalue weighted by atomic mass is 31.2. The van der Waals surface area contributed by atoms with Crippen molar-refractivity contribution in [2.24, 2.45) is 0 Å². The molecule has 12 heavy (non-hydrogen) atoms. The van der Waals surface area contributed by atoms with E-state index in [2.05, 4.69) is 0 Å². The summed E-state index contributed by atoms with van der Waals surface area (Å²) in [6, 6.07) is 0. The van der Waals surface area contributed by atoms with Crippen LogP contribution in [0.15, 0.2) is 0 Å². The fourth-order valence-electron chi connectivity index (χ4n) is 1.19. The second kappa shape index (κ2) is 4.38. The average molecular weight is 193 g/mol. The molecule has 1 rings (SSSR count). The van der Waals surface area contributed by atoms with E-state index in [1.54, 1.807) is 4.67 Å². The lowest BCUT2D eigenvalue weighted by Crippen LogP contribution is -2.25. The van der Waals surface area contributed by atoms with E-state index in [0.29, 0.717) is 26.3 Å². The van der Waals surface area contributed by atoms with Crippen molar-refractivity contribution >= 4 is 7.75 Å². The molecule has 0 atom stereocenters. The quantitative estimate of drug-likeness (QED) is 0.641. The minimum atomic E-state index is -2.89. The van der Waals surface area contributed by atoms with Gasteiger partial charge in [0.1, 0.15) is 0 Å². The first kappa shape index (κ1) is 10.2. The molecule has 5 heteroatoms. The van der Waals surface area contributed by atoms with Gasteiger partial charge in [0, 0.05) is 13.1 Å². The molecule has 0 amide bonds. The second-order valence-electron chi connectivity index (χ2n) is 2.63. The predicted octanol–water partition coefficient (Wildman–Crippen LogP) is 1.87. The van der Waals surface area contributed by atoms with E-state index in [1.165, 1.54) is 0 Å². The molecule has 0 aliphatic carbocycles. The van der Waals surface area contributed by atoms with Gasteiger partial charge in [-0.15, -0.1) is 0 Å². The molecule has 0 aromatic carbocycles. The second-order valence-corrected chi connectivity index (χ2v) is 4.65. The van der Waals surface area contributed by atoms with Gasteiger partial charge in [0.15, 0.2) is 0 Å². The minimum absolute atomic E-state index is 0.549. The third kappa shape index (κ3) is 2.07. The van der Waals surface area contributed by atoms with Crippen molar-refractivity contribution in [1.29, 1.82) is 0 Å². The summed E-state index contributed by atoms with van der Waals surface area (Å²) in [5, 5.41) is 0. The van der Waals surface area contributed by atoms with Crippen LogP contribution in [-0.4, -0.2) is 31.0 Å². The summed E-state index contributed by atoms with van der Waals surface area (Å²) in [7, 11) is -2.89. The van der Waals surface area contributed by atoms with Crippen LogP contribution in [-0.2, 0) is 13.6 Å². The zero-order chi connectivity index (χ0) is 9.03. The van der Waals surface area contributed by atoms with Gasteiger partial charge < -0.3 is 0 Å². The van der Waals surface area contributed by atoms with Crippen molar-refractivity contribution < 1.29 is 13.6 Å². The molecule has 0 N–H and O–H groups in total. The van der Waals surface area contributed by atoms with Crippen LogP contribution >= 0.6 is 7.75 Å². The van der Waals surface area contributed by atoms with Gasteiger partial charge in [-0.3, -0.25) is 9.05 Å². The molecule has 0 saturated carbocycles. The molecule has 0 spiro atoms. The molecule has 1 aliphatic heterocycles. The zero-order valence-corrected chi connectivity index (χ0v) is 8.55. The number of rotatable bonds is 3. The number of hydrogen-bond donors (Lipinski definition) is 0. The lowest BCUT2D eigenvalue weighted by atomic mass is 10.5. The largest absolute Gasteiger partial charge is 0.408 e. The van der Waals surface area contributed by atoms with Gasteiger partial charge in [-0.05, 0) is 6.42 Å². The Morgan fingerprint density at radius 3 is 2.17 bits per heavy atom. The molecule has 0 bridgehead atoms. The lowest BCUT2D eigenvalue weighted by Gasteiger charge is -2.30. The predicted molar refractivity (Wildman–Crippen MR) is 47.0 cm³/mol. The van der Waals surface area contributed by atoms with E-state index < -0.39 is 7.75 Å². The molecular weight excluding hydrogens is 177 g/mol. The summed E-state index contributed by atoms with van der Waals surface area (Å²) in [6.07, 6.45) is 0.839. The van der Waals surface area contributed by atoms with Crippen LogP contribution in [0.5, 0.6) is 0 Å². The lowest BCUT2D eigenvalue weighted by molar-refractivity contribution is 0.111. The Bertz CT molecular complexity index is 171. The standard InChI is InChI=1S/C7H16NO3P/c1-3-8(4-2)12(9)10-6-5-7-11-12/h3-7H2,1-2H3. The van der Waals surface area contributed by atoms with E-state index in [0.717, 1.165) is 6.42 Å².